The van der Waals surface area contributed by atoms with Crippen LogP contribution in [0.1, 0.15) is 9.67 Å². The summed E-state index contributed by atoms with van der Waals surface area (Å²) in [5.41, 5.74) is 0. The van der Waals surface area contributed by atoms with Crippen molar-refractivity contribution in [3.63, 3.8) is 0 Å². The molecule has 1 saturated heterocycles. The quantitative estimate of drug-likeness (QED) is 0.833. The molecule has 1 fully saturated rings. The summed E-state index contributed by atoms with van der Waals surface area (Å²) in [6, 6.07) is 1.15. The van der Waals surface area contributed by atoms with Crippen molar-refractivity contribution >= 4 is 43.3 Å². The predicted molar refractivity (Wildman–Crippen MR) is 68.3 cm³/mol. The first kappa shape index (κ1) is 13.9. The summed E-state index contributed by atoms with van der Waals surface area (Å²) in [5, 5.41) is 17.7. The second-order valence-corrected chi connectivity index (χ2v) is 8.20. The third-order valence-electron chi connectivity index (χ3n) is 2.67. The van der Waals surface area contributed by atoms with E-state index in [-0.39, 0.29) is 39.2 Å². The number of carboxylic acids is 1. The first-order valence-electron chi connectivity index (χ1n) is 5.00. The number of hydrogen-bond acceptors (Lipinski definition) is 5. The number of hydrogen-bond donors (Lipinski definition) is 2. The van der Waals surface area contributed by atoms with Crippen LogP contribution in [0.5, 0.6) is 0 Å². The second-order valence-electron chi connectivity index (χ2n) is 3.92. The van der Waals surface area contributed by atoms with Gasteiger partial charge in [0.25, 0.3) is 0 Å². The third-order valence-corrected chi connectivity index (χ3v) is 6.74. The molecule has 0 amide bonds. The van der Waals surface area contributed by atoms with Crippen LogP contribution in [0.25, 0.3) is 0 Å². The standard InChI is InChI=1S/C9H10BrNO5S2/c10-8-7(1-6(17-8)9(13)14)18(15,16)11-2-5(3-11)4-12/h1,5,12H,2-4H2,(H,13,14). The summed E-state index contributed by atoms with van der Waals surface area (Å²) < 4.78 is 25.8. The molecule has 6 nitrogen and oxygen atoms in total. The van der Waals surface area contributed by atoms with Crippen molar-refractivity contribution in [2.45, 2.75) is 4.90 Å². The first-order chi connectivity index (χ1) is 8.36. The van der Waals surface area contributed by atoms with Crippen LogP contribution < -0.4 is 0 Å². The number of carboxylic acid groups (broad SMARTS) is 1. The molecule has 1 aromatic rings. The molecule has 2 N–H and O–H groups in total. The maximum absolute atomic E-state index is 12.2. The van der Waals surface area contributed by atoms with Gasteiger partial charge in [0.05, 0.1) is 3.79 Å². The SMILES string of the molecule is O=C(O)c1cc(S(=O)(=O)N2CC(CO)C2)c(Br)s1. The minimum Gasteiger partial charge on any atom is -0.477 e. The van der Waals surface area contributed by atoms with Gasteiger partial charge >= 0.3 is 5.97 Å². The molecule has 100 valence electrons. The van der Waals surface area contributed by atoms with Crippen molar-refractivity contribution in [3.05, 3.63) is 14.7 Å². The summed E-state index contributed by atoms with van der Waals surface area (Å²) in [6.45, 7) is 0.490. The Kier molecular flexibility index (Phi) is 3.79. The largest absolute Gasteiger partial charge is 0.477 e. The number of aliphatic hydroxyl groups excluding tert-OH is 1. The average molecular weight is 356 g/mol. The lowest BCUT2D eigenvalue weighted by atomic mass is 10.1. The Morgan fingerprint density at radius 3 is 2.61 bits per heavy atom. The van der Waals surface area contributed by atoms with Crippen molar-refractivity contribution in [1.29, 1.82) is 0 Å². The van der Waals surface area contributed by atoms with E-state index in [0.717, 1.165) is 17.4 Å². The van der Waals surface area contributed by atoms with Gasteiger partial charge in [-0.2, -0.15) is 4.31 Å². The number of rotatable bonds is 4. The summed E-state index contributed by atoms with van der Waals surface area (Å²) in [7, 11) is -3.67. The van der Waals surface area contributed by atoms with Gasteiger partial charge in [0, 0.05) is 25.6 Å². The minimum atomic E-state index is -3.67. The van der Waals surface area contributed by atoms with Crippen molar-refractivity contribution < 1.29 is 23.4 Å². The lowest BCUT2D eigenvalue weighted by Crippen LogP contribution is -2.51. The molecule has 0 atom stereocenters. The maximum atomic E-state index is 12.2. The smallest absolute Gasteiger partial charge is 0.345 e. The van der Waals surface area contributed by atoms with Crippen molar-refractivity contribution in [3.8, 4) is 0 Å². The van der Waals surface area contributed by atoms with E-state index >= 15 is 0 Å². The number of halogens is 1. The molecule has 0 spiro atoms. The molecule has 0 aliphatic carbocycles. The van der Waals surface area contributed by atoms with Crippen LogP contribution in [0, 0.1) is 5.92 Å². The second kappa shape index (κ2) is 4.89. The van der Waals surface area contributed by atoms with Gasteiger partial charge in [-0.05, 0) is 22.0 Å². The van der Waals surface area contributed by atoms with Gasteiger partial charge in [-0.15, -0.1) is 11.3 Å². The van der Waals surface area contributed by atoms with E-state index in [4.69, 9.17) is 10.2 Å². The Balaban J connectivity index is 2.28. The van der Waals surface area contributed by atoms with E-state index in [1.165, 1.54) is 4.31 Å². The van der Waals surface area contributed by atoms with Gasteiger partial charge in [-0.3, -0.25) is 0 Å². The zero-order chi connectivity index (χ0) is 13.5. The summed E-state index contributed by atoms with van der Waals surface area (Å²) in [6.07, 6.45) is 0. The van der Waals surface area contributed by atoms with Gasteiger partial charge in [0.2, 0.25) is 10.0 Å². The first-order valence-corrected chi connectivity index (χ1v) is 8.05. The normalized spacial score (nSPS) is 17.7. The highest BCUT2D eigenvalue weighted by Crippen LogP contribution is 2.35. The summed E-state index contributed by atoms with van der Waals surface area (Å²) >= 11 is 3.94. The number of sulfonamides is 1. The molecule has 2 heterocycles. The Labute approximate surface area is 116 Å². The summed E-state index contributed by atoms with van der Waals surface area (Å²) in [5.74, 6) is -1.19. The van der Waals surface area contributed by atoms with Gasteiger partial charge < -0.3 is 10.2 Å². The highest BCUT2D eigenvalue weighted by molar-refractivity contribution is 9.11. The number of aliphatic hydroxyl groups is 1. The van der Waals surface area contributed by atoms with Gasteiger partial charge in [-0.1, -0.05) is 0 Å². The minimum absolute atomic E-state index is 0.0266. The predicted octanol–water partition coefficient (Wildman–Crippen LogP) is 0.822. The van der Waals surface area contributed by atoms with Crippen molar-refractivity contribution in [2.75, 3.05) is 19.7 Å². The van der Waals surface area contributed by atoms with Gasteiger partial charge in [0.15, 0.2) is 0 Å². The zero-order valence-electron chi connectivity index (χ0n) is 9.04. The highest BCUT2D eigenvalue weighted by atomic mass is 79.9. The van der Waals surface area contributed by atoms with Crippen LogP contribution in [0.4, 0.5) is 0 Å². The van der Waals surface area contributed by atoms with E-state index in [2.05, 4.69) is 15.9 Å². The van der Waals surface area contributed by atoms with Crippen LogP contribution in [-0.4, -0.2) is 48.6 Å². The number of aromatic carboxylic acids is 1. The fourth-order valence-electron chi connectivity index (χ4n) is 1.61. The fourth-order valence-corrected chi connectivity index (χ4v) is 5.55. The molecule has 0 bridgehead atoms. The molecule has 0 aromatic carbocycles. The molecular weight excluding hydrogens is 346 g/mol. The van der Waals surface area contributed by atoms with Crippen LogP contribution in [0.15, 0.2) is 14.7 Å². The average Bonchev–Trinajstić information content (AvgIpc) is 2.59. The van der Waals surface area contributed by atoms with E-state index in [1.54, 1.807) is 0 Å². The van der Waals surface area contributed by atoms with Crippen LogP contribution in [0.3, 0.4) is 0 Å². The molecule has 1 aliphatic rings. The molecular formula is C9H10BrNO5S2. The lowest BCUT2D eigenvalue weighted by Gasteiger charge is -2.36. The third kappa shape index (κ3) is 2.32. The Hall–Kier alpha value is -0.480. The van der Waals surface area contributed by atoms with Crippen molar-refractivity contribution in [1.82, 2.24) is 4.31 Å². The van der Waals surface area contributed by atoms with E-state index in [9.17, 15) is 13.2 Å². The van der Waals surface area contributed by atoms with Crippen LogP contribution in [-0.2, 0) is 10.0 Å². The van der Waals surface area contributed by atoms with Gasteiger partial charge in [-0.25, -0.2) is 13.2 Å². The molecule has 0 unspecified atom stereocenters. The number of nitrogens with zero attached hydrogens (tertiary/aromatic N) is 1. The van der Waals surface area contributed by atoms with Crippen molar-refractivity contribution in [2.24, 2.45) is 5.92 Å². The fraction of sp³-hybridized carbons (Fsp3) is 0.444. The van der Waals surface area contributed by atoms with E-state index < -0.39 is 16.0 Å². The van der Waals surface area contributed by atoms with Gasteiger partial charge in [0.1, 0.15) is 9.77 Å². The topological polar surface area (TPSA) is 94.9 Å². The Morgan fingerprint density at radius 2 is 2.17 bits per heavy atom. The molecule has 2 rings (SSSR count). The highest BCUT2D eigenvalue weighted by Gasteiger charge is 2.38. The molecule has 0 radical (unpaired) electrons. The Morgan fingerprint density at radius 1 is 1.56 bits per heavy atom. The molecule has 1 aliphatic heterocycles. The molecule has 1 aromatic heterocycles. The van der Waals surface area contributed by atoms with Crippen LogP contribution in [0.2, 0.25) is 0 Å². The van der Waals surface area contributed by atoms with E-state index in [1.807, 2.05) is 0 Å². The summed E-state index contributed by atoms with van der Waals surface area (Å²) in [4.78, 5) is 10.7. The zero-order valence-corrected chi connectivity index (χ0v) is 12.3. The molecule has 9 heteroatoms. The number of thiophene rings is 1. The molecule has 18 heavy (non-hydrogen) atoms. The molecule has 0 saturated carbocycles. The van der Waals surface area contributed by atoms with E-state index in [0.29, 0.717) is 0 Å². The monoisotopic (exact) mass is 355 g/mol. The maximum Gasteiger partial charge on any atom is 0.345 e. The lowest BCUT2D eigenvalue weighted by molar-refractivity contribution is 0.0702. The van der Waals surface area contributed by atoms with Crippen LogP contribution >= 0.6 is 27.3 Å². The number of carbonyl (C=O) groups is 1. The Bertz CT molecular complexity index is 576.